The Bertz CT molecular complexity index is 477. The Morgan fingerprint density at radius 3 is 2.60 bits per heavy atom. The van der Waals surface area contributed by atoms with Crippen LogP contribution in [0.25, 0.3) is 0 Å². The highest BCUT2D eigenvalue weighted by atomic mass is 32.1. The molecule has 20 heavy (non-hydrogen) atoms. The number of carbonyl (C=O) groups excluding carboxylic acids is 1. The molecule has 0 aromatic carbocycles. The number of anilines is 2. The first kappa shape index (κ1) is 15.1. The average molecular weight is 297 g/mol. The van der Waals surface area contributed by atoms with Gasteiger partial charge in [-0.2, -0.15) is 0 Å². The van der Waals surface area contributed by atoms with Crippen LogP contribution in [0.15, 0.2) is 6.07 Å². The molecular formula is C14H23N3O2S. The third-order valence-corrected chi connectivity index (χ3v) is 5.07. The highest BCUT2D eigenvalue weighted by Crippen LogP contribution is 2.34. The number of thiophene rings is 1. The summed E-state index contributed by atoms with van der Waals surface area (Å²) in [6, 6.07) is 2.85. The predicted molar refractivity (Wildman–Crippen MR) is 83.6 cm³/mol. The van der Waals surface area contributed by atoms with Gasteiger partial charge in [0.1, 0.15) is 4.88 Å². The molecule has 0 saturated carbocycles. The first-order valence-corrected chi connectivity index (χ1v) is 7.79. The maximum Gasteiger partial charge on any atom is 0.350 e. The van der Waals surface area contributed by atoms with Gasteiger partial charge >= 0.3 is 5.97 Å². The lowest BCUT2D eigenvalue weighted by molar-refractivity contribution is 0.0533. The topological polar surface area (TPSA) is 58.8 Å². The van der Waals surface area contributed by atoms with Crippen molar-refractivity contribution in [2.75, 3.05) is 37.4 Å². The molecule has 2 N–H and O–H groups in total. The number of nitrogens with zero attached hydrogens (tertiary/aromatic N) is 2. The SMILES string of the molecule is CCOC(=O)c1sc(N2CC(C)N(C)C(C)C2)cc1N. The zero-order valence-electron chi connectivity index (χ0n) is 12.5. The molecule has 0 amide bonds. The molecule has 0 aliphatic carbocycles. The number of hydrogen-bond acceptors (Lipinski definition) is 6. The lowest BCUT2D eigenvalue weighted by atomic mass is 10.1. The fourth-order valence-electron chi connectivity index (χ4n) is 2.49. The maximum absolute atomic E-state index is 11.8. The molecular weight excluding hydrogens is 274 g/mol. The van der Waals surface area contributed by atoms with E-state index in [1.807, 2.05) is 6.07 Å². The fourth-order valence-corrected chi connectivity index (χ4v) is 3.48. The summed E-state index contributed by atoms with van der Waals surface area (Å²) < 4.78 is 5.03. The quantitative estimate of drug-likeness (QED) is 0.865. The van der Waals surface area contributed by atoms with Gasteiger partial charge in [0.2, 0.25) is 0 Å². The van der Waals surface area contributed by atoms with Crippen LogP contribution >= 0.6 is 11.3 Å². The second-order valence-corrected chi connectivity index (χ2v) is 6.39. The van der Waals surface area contributed by atoms with Gasteiger partial charge in [0.15, 0.2) is 0 Å². The summed E-state index contributed by atoms with van der Waals surface area (Å²) in [6.07, 6.45) is 0. The van der Waals surface area contributed by atoms with Gasteiger partial charge in [-0.1, -0.05) is 0 Å². The van der Waals surface area contributed by atoms with Crippen LogP contribution in [0.2, 0.25) is 0 Å². The van der Waals surface area contributed by atoms with Gasteiger partial charge in [0.05, 0.1) is 17.3 Å². The summed E-state index contributed by atoms with van der Waals surface area (Å²) in [7, 11) is 2.15. The molecule has 2 atom stereocenters. The van der Waals surface area contributed by atoms with E-state index in [1.165, 1.54) is 11.3 Å². The standard InChI is InChI=1S/C14H23N3O2S/c1-5-19-14(18)13-11(15)6-12(20-13)17-7-9(2)16(4)10(3)8-17/h6,9-10H,5,7-8,15H2,1-4H3. The number of nitrogens with two attached hydrogens (primary N) is 1. The monoisotopic (exact) mass is 297 g/mol. The third kappa shape index (κ3) is 2.91. The van der Waals surface area contributed by atoms with E-state index in [0.717, 1.165) is 18.1 Å². The van der Waals surface area contributed by atoms with Crippen molar-refractivity contribution in [3.8, 4) is 0 Å². The maximum atomic E-state index is 11.8. The zero-order valence-corrected chi connectivity index (χ0v) is 13.4. The predicted octanol–water partition coefficient (Wildman–Crippen LogP) is 2.04. The molecule has 2 rings (SSSR count). The fraction of sp³-hybridized carbons (Fsp3) is 0.643. The van der Waals surface area contributed by atoms with Crippen LogP contribution in [0.5, 0.6) is 0 Å². The summed E-state index contributed by atoms with van der Waals surface area (Å²) in [5.41, 5.74) is 6.46. The summed E-state index contributed by atoms with van der Waals surface area (Å²) in [4.78, 5) is 17.0. The van der Waals surface area contributed by atoms with Gasteiger partial charge in [0.25, 0.3) is 0 Å². The average Bonchev–Trinajstić information content (AvgIpc) is 2.78. The number of likely N-dealkylation sites (N-methyl/N-ethyl adjacent to an activating group) is 1. The van der Waals surface area contributed by atoms with E-state index >= 15 is 0 Å². The number of esters is 1. The first-order valence-electron chi connectivity index (χ1n) is 6.97. The Morgan fingerprint density at radius 1 is 1.45 bits per heavy atom. The van der Waals surface area contributed by atoms with Gasteiger partial charge in [0, 0.05) is 25.2 Å². The largest absolute Gasteiger partial charge is 0.462 e. The van der Waals surface area contributed by atoms with Gasteiger partial charge in [-0.25, -0.2) is 4.79 Å². The minimum absolute atomic E-state index is 0.323. The molecule has 0 radical (unpaired) electrons. The Kier molecular flexibility index (Phi) is 4.55. The number of rotatable bonds is 3. The van der Waals surface area contributed by atoms with Crippen LogP contribution < -0.4 is 10.6 Å². The molecule has 1 aromatic rings. The normalized spacial score (nSPS) is 23.9. The molecule has 5 nitrogen and oxygen atoms in total. The lowest BCUT2D eigenvalue weighted by Crippen LogP contribution is -2.54. The summed E-state index contributed by atoms with van der Waals surface area (Å²) in [6.45, 7) is 8.49. The minimum atomic E-state index is -0.323. The van der Waals surface area contributed by atoms with Crippen LogP contribution in [-0.2, 0) is 4.74 Å². The van der Waals surface area contributed by atoms with Gasteiger partial charge in [-0.15, -0.1) is 11.3 Å². The number of hydrogen-bond donors (Lipinski definition) is 1. The number of nitrogen functional groups attached to an aromatic ring is 1. The van der Waals surface area contributed by atoms with Crippen molar-refractivity contribution in [2.24, 2.45) is 0 Å². The highest BCUT2D eigenvalue weighted by Gasteiger charge is 2.28. The molecule has 1 aliphatic rings. The summed E-state index contributed by atoms with van der Waals surface area (Å²) in [5.74, 6) is -0.323. The van der Waals surface area contributed by atoms with Crippen LogP contribution in [0.3, 0.4) is 0 Å². The molecule has 2 heterocycles. The molecule has 1 aliphatic heterocycles. The number of piperazine rings is 1. The molecule has 1 fully saturated rings. The highest BCUT2D eigenvalue weighted by molar-refractivity contribution is 7.18. The molecule has 1 aromatic heterocycles. The third-order valence-electron chi connectivity index (χ3n) is 3.88. The van der Waals surface area contributed by atoms with E-state index in [2.05, 4.69) is 30.7 Å². The van der Waals surface area contributed by atoms with Gasteiger partial charge in [-0.05, 0) is 33.9 Å². The molecule has 6 heteroatoms. The van der Waals surface area contributed by atoms with E-state index in [4.69, 9.17) is 10.5 Å². The molecule has 0 spiro atoms. The second kappa shape index (κ2) is 6.01. The van der Waals surface area contributed by atoms with Crippen LogP contribution in [-0.4, -0.2) is 49.7 Å². The van der Waals surface area contributed by atoms with E-state index in [1.54, 1.807) is 6.92 Å². The Balaban J connectivity index is 2.18. The summed E-state index contributed by atoms with van der Waals surface area (Å²) >= 11 is 1.43. The van der Waals surface area contributed by atoms with Crippen LogP contribution in [0.1, 0.15) is 30.4 Å². The van der Waals surface area contributed by atoms with Crippen LogP contribution in [0, 0.1) is 0 Å². The van der Waals surface area contributed by atoms with Gasteiger partial charge < -0.3 is 15.4 Å². The Morgan fingerprint density at radius 2 is 2.05 bits per heavy atom. The van der Waals surface area contributed by atoms with Crippen molar-refractivity contribution < 1.29 is 9.53 Å². The van der Waals surface area contributed by atoms with Crippen molar-refractivity contribution in [3.05, 3.63) is 10.9 Å². The smallest absolute Gasteiger partial charge is 0.350 e. The number of ether oxygens (including phenoxy) is 1. The van der Waals surface area contributed by atoms with Crippen molar-refractivity contribution in [1.29, 1.82) is 0 Å². The molecule has 1 saturated heterocycles. The van der Waals surface area contributed by atoms with Gasteiger partial charge in [-0.3, -0.25) is 4.90 Å². The Hall–Kier alpha value is -1.27. The van der Waals surface area contributed by atoms with Crippen molar-refractivity contribution in [3.63, 3.8) is 0 Å². The molecule has 2 unspecified atom stereocenters. The molecule has 112 valence electrons. The zero-order chi connectivity index (χ0) is 14.9. The van der Waals surface area contributed by atoms with Crippen LogP contribution in [0.4, 0.5) is 10.7 Å². The van der Waals surface area contributed by atoms with E-state index in [0.29, 0.717) is 29.3 Å². The van der Waals surface area contributed by atoms with Crippen molar-refractivity contribution in [1.82, 2.24) is 4.90 Å². The van der Waals surface area contributed by atoms with E-state index < -0.39 is 0 Å². The first-order chi connectivity index (χ1) is 9.43. The Labute approximate surface area is 124 Å². The van der Waals surface area contributed by atoms with E-state index in [9.17, 15) is 4.79 Å². The van der Waals surface area contributed by atoms with E-state index in [-0.39, 0.29) is 5.97 Å². The summed E-state index contributed by atoms with van der Waals surface area (Å²) in [5, 5.41) is 1.05. The second-order valence-electron chi connectivity index (χ2n) is 5.36. The lowest BCUT2D eigenvalue weighted by Gasteiger charge is -2.42. The minimum Gasteiger partial charge on any atom is -0.462 e. The molecule has 0 bridgehead atoms. The van der Waals surface area contributed by atoms with Crippen molar-refractivity contribution >= 4 is 28.0 Å². The van der Waals surface area contributed by atoms with Crippen molar-refractivity contribution in [2.45, 2.75) is 32.9 Å². The number of carbonyl (C=O) groups is 1.